The van der Waals surface area contributed by atoms with Crippen LogP contribution in [0.1, 0.15) is 18.4 Å². The highest BCUT2D eigenvalue weighted by atomic mass is 16.5. The third kappa shape index (κ3) is 3.94. The van der Waals surface area contributed by atoms with Crippen LogP contribution in [0.4, 0.5) is 10.5 Å². The largest absolute Gasteiger partial charge is 0.391 e. The van der Waals surface area contributed by atoms with Crippen LogP contribution in [0.2, 0.25) is 0 Å². The normalized spacial score (nSPS) is 19.3. The second-order valence-corrected chi connectivity index (χ2v) is 4.81. The lowest BCUT2D eigenvalue weighted by Crippen LogP contribution is -2.44. The molecule has 0 unspecified atom stereocenters. The number of β-amino-alcohol motifs (C(OH)–C–C–N with tert-alkyl or cyclic N) is 1. The molecule has 0 aliphatic carbocycles. The van der Waals surface area contributed by atoms with Crippen molar-refractivity contribution in [2.45, 2.75) is 25.6 Å². The van der Waals surface area contributed by atoms with Crippen molar-refractivity contribution in [1.29, 1.82) is 0 Å². The Labute approximate surface area is 113 Å². The van der Waals surface area contributed by atoms with E-state index in [2.05, 4.69) is 5.32 Å². The SMILES string of the molecule is COCc1cccc(NC(=O)N2CCC[C@H](O)C2)c1. The number of aliphatic hydroxyl groups is 1. The number of hydrogen-bond acceptors (Lipinski definition) is 3. The highest BCUT2D eigenvalue weighted by Crippen LogP contribution is 2.15. The minimum absolute atomic E-state index is 0.159. The van der Waals surface area contributed by atoms with Gasteiger partial charge in [-0.2, -0.15) is 0 Å². The van der Waals surface area contributed by atoms with Crippen molar-refractivity contribution in [1.82, 2.24) is 4.90 Å². The number of nitrogens with one attached hydrogen (secondary N) is 1. The number of urea groups is 1. The molecule has 0 bridgehead atoms. The van der Waals surface area contributed by atoms with E-state index < -0.39 is 6.10 Å². The molecule has 0 aromatic heterocycles. The highest BCUT2D eigenvalue weighted by Gasteiger charge is 2.21. The van der Waals surface area contributed by atoms with Gasteiger partial charge in [0.2, 0.25) is 0 Å². The van der Waals surface area contributed by atoms with Crippen molar-refractivity contribution in [3.05, 3.63) is 29.8 Å². The molecule has 1 aliphatic heterocycles. The van der Waals surface area contributed by atoms with E-state index in [4.69, 9.17) is 4.74 Å². The van der Waals surface area contributed by atoms with Gasteiger partial charge in [-0.1, -0.05) is 12.1 Å². The summed E-state index contributed by atoms with van der Waals surface area (Å²) in [6.45, 7) is 1.62. The molecule has 1 atom stereocenters. The first kappa shape index (κ1) is 13.8. The summed E-state index contributed by atoms with van der Waals surface area (Å²) >= 11 is 0. The molecular formula is C14H20N2O3. The summed E-state index contributed by atoms with van der Waals surface area (Å²) in [5.74, 6) is 0. The van der Waals surface area contributed by atoms with E-state index in [0.29, 0.717) is 19.7 Å². The molecule has 2 rings (SSSR count). The molecule has 0 radical (unpaired) electrons. The van der Waals surface area contributed by atoms with Gasteiger partial charge in [-0.15, -0.1) is 0 Å². The molecule has 1 aromatic rings. The Morgan fingerprint density at radius 2 is 2.42 bits per heavy atom. The smallest absolute Gasteiger partial charge is 0.321 e. The van der Waals surface area contributed by atoms with E-state index in [9.17, 15) is 9.90 Å². The van der Waals surface area contributed by atoms with Gasteiger partial charge in [0.25, 0.3) is 0 Å². The van der Waals surface area contributed by atoms with Gasteiger partial charge in [-0.25, -0.2) is 4.79 Å². The summed E-state index contributed by atoms with van der Waals surface area (Å²) in [5, 5.41) is 12.4. The molecule has 0 saturated carbocycles. The van der Waals surface area contributed by atoms with E-state index in [1.807, 2.05) is 24.3 Å². The number of benzene rings is 1. The molecule has 1 aliphatic rings. The number of piperidine rings is 1. The number of methoxy groups -OCH3 is 1. The zero-order chi connectivity index (χ0) is 13.7. The van der Waals surface area contributed by atoms with Crippen LogP contribution in [0, 0.1) is 0 Å². The Balaban J connectivity index is 1.96. The zero-order valence-electron chi connectivity index (χ0n) is 11.1. The first-order chi connectivity index (χ1) is 9.19. The number of amides is 2. The van der Waals surface area contributed by atoms with E-state index in [1.165, 1.54) is 0 Å². The lowest BCUT2D eigenvalue weighted by Gasteiger charge is -2.30. The standard InChI is InChI=1S/C14H20N2O3/c1-19-10-11-4-2-5-12(8-11)15-14(18)16-7-3-6-13(17)9-16/h2,4-5,8,13,17H,3,6-7,9-10H2,1H3,(H,15,18)/t13-/m0/s1. The average Bonchev–Trinajstić information content (AvgIpc) is 2.39. The van der Waals surface area contributed by atoms with E-state index >= 15 is 0 Å². The number of hydrogen-bond donors (Lipinski definition) is 2. The number of ether oxygens (including phenoxy) is 1. The minimum Gasteiger partial charge on any atom is -0.391 e. The predicted molar refractivity (Wildman–Crippen MR) is 73.0 cm³/mol. The Hall–Kier alpha value is -1.59. The molecule has 19 heavy (non-hydrogen) atoms. The highest BCUT2D eigenvalue weighted by molar-refractivity contribution is 5.89. The molecule has 5 nitrogen and oxygen atoms in total. The third-order valence-electron chi connectivity index (χ3n) is 3.17. The lowest BCUT2D eigenvalue weighted by molar-refractivity contribution is 0.0883. The van der Waals surface area contributed by atoms with E-state index in [-0.39, 0.29) is 6.03 Å². The Kier molecular flexibility index (Phi) is 4.76. The summed E-state index contributed by atoms with van der Waals surface area (Å²) < 4.78 is 5.06. The molecule has 1 fully saturated rings. The number of carbonyl (C=O) groups excluding carboxylic acids is 1. The Morgan fingerprint density at radius 3 is 3.16 bits per heavy atom. The molecule has 2 N–H and O–H groups in total. The van der Waals surface area contributed by atoms with Crippen LogP contribution in [0.25, 0.3) is 0 Å². The maximum absolute atomic E-state index is 12.1. The van der Waals surface area contributed by atoms with Crippen LogP contribution < -0.4 is 5.32 Å². The second-order valence-electron chi connectivity index (χ2n) is 4.81. The van der Waals surface area contributed by atoms with Crippen molar-refractivity contribution < 1.29 is 14.6 Å². The van der Waals surface area contributed by atoms with E-state index in [1.54, 1.807) is 12.0 Å². The molecule has 2 amide bonds. The lowest BCUT2D eigenvalue weighted by atomic mass is 10.1. The van der Waals surface area contributed by atoms with E-state index in [0.717, 1.165) is 24.1 Å². The predicted octanol–water partition coefficient (Wildman–Crippen LogP) is 1.82. The molecule has 1 aromatic carbocycles. The number of rotatable bonds is 3. The molecule has 1 saturated heterocycles. The van der Waals surface area contributed by atoms with Gasteiger partial charge in [-0.3, -0.25) is 0 Å². The summed E-state index contributed by atoms with van der Waals surface area (Å²) in [6, 6.07) is 7.41. The summed E-state index contributed by atoms with van der Waals surface area (Å²) in [7, 11) is 1.64. The van der Waals surface area contributed by atoms with Gasteiger partial charge in [0.1, 0.15) is 0 Å². The maximum atomic E-state index is 12.1. The summed E-state index contributed by atoms with van der Waals surface area (Å²) in [6.07, 6.45) is 1.21. The number of nitrogens with zero attached hydrogens (tertiary/aromatic N) is 1. The van der Waals surface area contributed by atoms with Crippen LogP contribution in [-0.4, -0.2) is 42.3 Å². The van der Waals surface area contributed by atoms with Crippen molar-refractivity contribution >= 4 is 11.7 Å². The quantitative estimate of drug-likeness (QED) is 0.875. The fourth-order valence-electron chi connectivity index (χ4n) is 2.25. The average molecular weight is 264 g/mol. The van der Waals surface area contributed by atoms with Gasteiger partial charge < -0.3 is 20.1 Å². The van der Waals surface area contributed by atoms with Crippen LogP contribution in [0.3, 0.4) is 0 Å². The first-order valence-electron chi connectivity index (χ1n) is 6.51. The third-order valence-corrected chi connectivity index (χ3v) is 3.17. The topological polar surface area (TPSA) is 61.8 Å². The number of aliphatic hydroxyl groups excluding tert-OH is 1. The van der Waals surface area contributed by atoms with Crippen LogP contribution in [0.15, 0.2) is 24.3 Å². The Morgan fingerprint density at radius 1 is 1.58 bits per heavy atom. The molecule has 5 heteroatoms. The maximum Gasteiger partial charge on any atom is 0.321 e. The van der Waals surface area contributed by atoms with Crippen molar-refractivity contribution in [2.75, 3.05) is 25.5 Å². The first-order valence-corrected chi connectivity index (χ1v) is 6.51. The van der Waals surface area contributed by atoms with Crippen LogP contribution in [0.5, 0.6) is 0 Å². The fourth-order valence-corrected chi connectivity index (χ4v) is 2.25. The summed E-state index contributed by atoms with van der Waals surface area (Å²) in [4.78, 5) is 13.7. The number of anilines is 1. The zero-order valence-corrected chi connectivity index (χ0v) is 11.1. The number of likely N-dealkylation sites (tertiary alicyclic amines) is 1. The van der Waals surface area contributed by atoms with Gasteiger partial charge in [0.05, 0.1) is 12.7 Å². The van der Waals surface area contributed by atoms with Crippen molar-refractivity contribution in [2.24, 2.45) is 0 Å². The van der Waals surface area contributed by atoms with Crippen LogP contribution >= 0.6 is 0 Å². The van der Waals surface area contributed by atoms with Crippen LogP contribution in [-0.2, 0) is 11.3 Å². The Bertz CT molecular complexity index is 436. The molecule has 104 valence electrons. The van der Waals surface area contributed by atoms with Crippen molar-refractivity contribution in [3.8, 4) is 0 Å². The molecular weight excluding hydrogens is 244 g/mol. The van der Waals surface area contributed by atoms with Gasteiger partial charge >= 0.3 is 6.03 Å². The molecule has 0 spiro atoms. The van der Waals surface area contributed by atoms with Crippen molar-refractivity contribution in [3.63, 3.8) is 0 Å². The monoisotopic (exact) mass is 264 g/mol. The summed E-state index contributed by atoms with van der Waals surface area (Å²) in [5.41, 5.74) is 1.76. The molecule has 1 heterocycles. The minimum atomic E-state index is -0.403. The number of carbonyl (C=O) groups is 1. The van der Waals surface area contributed by atoms with Gasteiger partial charge in [-0.05, 0) is 30.5 Å². The fraction of sp³-hybridized carbons (Fsp3) is 0.500. The van der Waals surface area contributed by atoms with Gasteiger partial charge in [0.15, 0.2) is 0 Å². The second kappa shape index (κ2) is 6.54. The van der Waals surface area contributed by atoms with Gasteiger partial charge in [0, 0.05) is 25.9 Å².